The number of halogens is 1. The molecule has 0 bridgehead atoms. The van der Waals surface area contributed by atoms with Gasteiger partial charge >= 0.3 is 0 Å². The first kappa shape index (κ1) is 26.0. The van der Waals surface area contributed by atoms with Crippen molar-refractivity contribution in [3.8, 4) is 5.75 Å². The maximum Gasteiger partial charge on any atom is 0.222 e. The second kappa shape index (κ2) is 13.3. The molecule has 2 aromatic carbocycles. The van der Waals surface area contributed by atoms with E-state index in [1.54, 1.807) is 7.11 Å². The van der Waals surface area contributed by atoms with E-state index in [0.29, 0.717) is 19.5 Å². The zero-order valence-corrected chi connectivity index (χ0v) is 21.6. The fourth-order valence-electron chi connectivity index (χ4n) is 3.77. The number of benzene rings is 2. The number of aliphatic imine (C=N–C) groups is 1. The first-order valence-corrected chi connectivity index (χ1v) is 11.1. The number of nitrogens with zero attached hydrogens (tertiary/aromatic N) is 2. The molecule has 0 aromatic heterocycles. The van der Waals surface area contributed by atoms with Crippen LogP contribution in [0, 0.1) is 6.92 Å². The highest BCUT2D eigenvalue weighted by molar-refractivity contribution is 14.0. The van der Waals surface area contributed by atoms with Gasteiger partial charge in [0.1, 0.15) is 5.75 Å². The van der Waals surface area contributed by atoms with Crippen molar-refractivity contribution < 1.29 is 9.53 Å². The van der Waals surface area contributed by atoms with Crippen LogP contribution in [0.5, 0.6) is 5.75 Å². The molecule has 0 radical (unpaired) electrons. The smallest absolute Gasteiger partial charge is 0.222 e. The van der Waals surface area contributed by atoms with E-state index in [-0.39, 0.29) is 29.9 Å². The van der Waals surface area contributed by atoms with E-state index in [9.17, 15) is 4.79 Å². The average Bonchev–Trinajstić information content (AvgIpc) is 3.17. The van der Waals surface area contributed by atoms with Crippen LogP contribution < -0.4 is 15.4 Å². The highest BCUT2D eigenvalue weighted by atomic mass is 127. The van der Waals surface area contributed by atoms with Crippen LogP contribution in [0.1, 0.15) is 42.0 Å². The first-order valence-electron chi connectivity index (χ1n) is 11.1. The van der Waals surface area contributed by atoms with Gasteiger partial charge in [0.15, 0.2) is 5.96 Å². The van der Waals surface area contributed by atoms with Crippen LogP contribution in [0.15, 0.2) is 47.5 Å². The van der Waals surface area contributed by atoms with E-state index in [2.05, 4.69) is 60.9 Å². The largest absolute Gasteiger partial charge is 0.496 e. The van der Waals surface area contributed by atoms with Crippen molar-refractivity contribution in [1.29, 1.82) is 0 Å². The predicted molar refractivity (Wildman–Crippen MR) is 141 cm³/mol. The van der Waals surface area contributed by atoms with Gasteiger partial charge in [-0.05, 0) is 49.4 Å². The third-order valence-corrected chi connectivity index (χ3v) is 5.45. The van der Waals surface area contributed by atoms with Crippen LogP contribution in [-0.4, -0.2) is 43.5 Å². The standard InChI is InChI=1S/C25H34N4O2.HI/c1-4-26-25(27-14-13-22-16-19(2)7-12-23(22)31-3)28-17-20-8-10-21(11-9-20)18-29-15-5-6-24(29)30;/h7-12,16H,4-6,13-15,17-18H2,1-3H3,(H2,26,27,28);1H. The lowest BCUT2D eigenvalue weighted by atomic mass is 10.1. The maximum absolute atomic E-state index is 11.8. The molecular weight excluding hydrogens is 515 g/mol. The number of nitrogens with one attached hydrogen (secondary N) is 2. The third-order valence-electron chi connectivity index (χ3n) is 5.45. The number of rotatable bonds is 9. The monoisotopic (exact) mass is 550 g/mol. The van der Waals surface area contributed by atoms with Crippen molar-refractivity contribution in [2.45, 2.75) is 46.2 Å². The molecule has 1 saturated heterocycles. The zero-order chi connectivity index (χ0) is 22.1. The molecule has 1 amide bonds. The molecule has 3 rings (SSSR count). The van der Waals surface area contributed by atoms with Gasteiger partial charge in [-0.25, -0.2) is 4.99 Å². The minimum atomic E-state index is 0. The number of carbonyl (C=O) groups excluding carboxylic acids is 1. The van der Waals surface area contributed by atoms with Crippen molar-refractivity contribution in [3.63, 3.8) is 0 Å². The molecule has 1 aliphatic heterocycles. The Labute approximate surface area is 208 Å². The topological polar surface area (TPSA) is 66.0 Å². The summed E-state index contributed by atoms with van der Waals surface area (Å²) < 4.78 is 5.47. The van der Waals surface area contributed by atoms with Gasteiger partial charge in [0.25, 0.3) is 0 Å². The second-order valence-corrected chi connectivity index (χ2v) is 7.92. The fraction of sp³-hybridized carbons (Fsp3) is 0.440. The lowest BCUT2D eigenvalue weighted by Gasteiger charge is -2.15. The number of aryl methyl sites for hydroxylation is 1. The number of methoxy groups -OCH3 is 1. The van der Waals surface area contributed by atoms with Crippen molar-refractivity contribution >= 4 is 35.8 Å². The molecule has 0 aliphatic carbocycles. The van der Waals surface area contributed by atoms with Crippen LogP contribution >= 0.6 is 24.0 Å². The molecule has 1 heterocycles. The van der Waals surface area contributed by atoms with Crippen LogP contribution in [-0.2, 0) is 24.3 Å². The van der Waals surface area contributed by atoms with Gasteiger partial charge in [-0.15, -0.1) is 24.0 Å². The Morgan fingerprint density at radius 3 is 2.53 bits per heavy atom. The molecule has 1 aliphatic rings. The maximum atomic E-state index is 11.8. The third kappa shape index (κ3) is 7.69. The Hall–Kier alpha value is -2.29. The quantitative estimate of drug-likeness (QED) is 0.281. The van der Waals surface area contributed by atoms with Crippen LogP contribution in [0.4, 0.5) is 0 Å². The normalized spacial score (nSPS) is 13.7. The van der Waals surface area contributed by atoms with Crippen LogP contribution in [0.3, 0.4) is 0 Å². The summed E-state index contributed by atoms with van der Waals surface area (Å²) >= 11 is 0. The molecule has 0 spiro atoms. The van der Waals surface area contributed by atoms with E-state index in [0.717, 1.165) is 49.7 Å². The molecule has 174 valence electrons. The summed E-state index contributed by atoms with van der Waals surface area (Å²) in [4.78, 5) is 18.5. The van der Waals surface area contributed by atoms with Gasteiger partial charge in [-0.3, -0.25) is 4.79 Å². The Balaban J connectivity index is 0.00000363. The van der Waals surface area contributed by atoms with E-state index < -0.39 is 0 Å². The molecular formula is C25H35IN4O2. The van der Waals surface area contributed by atoms with Crippen molar-refractivity contribution in [3.05, 3.63) is 64.7 Å². The molecule has 0 saturated carbocycles. The van der Waals surface area contributed by atoms with Crippen molar-refractivity contribution in [2.24, 2.45) is 4.99 Å². The molecule has 0 unspecified atom stereocenters. The average molecular weight is 550 g/mol. The second-order valence-electron chi connectivity index (χ2n) is 7.92. The minimum Gasteiger partial charge on any atom is -0.496 e. The highest BCUT2D eigenvalue weighted by Gasteiger charge is 2.19. The minimum absolute atomic E-state index is 0. The van der Waals surface area contributed by atoms with Gasteiger partial charge < -0.3 is 20.3 Å². The van der Waals surface area contributed by atoms with Crippen LogP contribution in [0.2, 0.25) is 0 Å². The van der Waals surface area contributed by atoms with Gasteiger partial charge in [-0.1, -0.05) is 42.0 Å². The molecule has 0 atom stereocenters. The van der Waals surface area contributed by atoms with Gasteiger partial charge in [0.2, 0.25) is 5.91 Å². The zero-order valence-electron chi connectivity index (χ0n) is 19.3. The number of hydrogen-bond donors (Lipinski definition) is 2. The Morgan fingerprint density at radius 2 is 1.88 bits per heavy atom. The van der Waals surface area contributed by atoms with E-state index >= 15 is 0 Å². The summed E-state index contributed by atoms with van der Waals surface area (Å²) in [7, 11) is 1.71. The van der Waals surface area contributed by atoms with Gasteiger partial charge in [0, 0.05) is 32.6 Å². The lowest BCUT2D eigenvalue weighted by Crippen LogP contribution is -2.38. The summed E-state index contributed by atoms with van der Waals surface area (Å²) in [6.45, 7) is 7.92. The summed E-state index contributed by atoms with van der Waals surface area (Å²) in [5.74, 6) is 1.99. The Bertz CT molecular complexity index is 899. The predicted octanol–water partition coefficient (Wildman–Crippen LogP) is 4.04. The summed E-state index contributed by atoms with van der Waals surface area (Å²) in [6.07, 6.45) is 2.52. The molecule has 1 fully saturated rings. The number of carbonyl (C=O) groups is 1. The number of hydrogen-bond acceptors (Lipinski definition) is 3. The summed E-state index contributed by atoms with van der Waals surface area (Å²) in [6, 6.07) is 14.6. The highest BCUT2D eigenvalue weighted by Crippen LogP contribution is 2.19. The molecule has 7 heteroatoms. The number of ether oxygens (including phenoxy) is 1. The van der Waals surface area contributed by atoms with Gasteiger partial charge in [-0.2, -0.15) is 0 Å². The Morgan fingerprint density at radius 1 is 1.12 bits per heavy atom. The Kier molecular flexibility index (Phi) is 10.8. The van der Waals surface area contributed by atoms with E-state index in [1.807, 2.05) is 11.0 Å². The molecule has 6 nitrogen and oxygen atoms in total. The van der Waals surface area contributed by atoms with E-state index in [1.165, 1.54) is 16.7 Å². The van der Waals surface area contributed by atoms with E-state index in [4.69, 9.17) is 9.73 Å². The number of likely N-dealkylation sites (tertiary alicyclic amines) is 1. The molecule has 32 heavy (non-hydrogen) atoms. The van der Waals surface area contributed by atoms with Crippen molar-refractivity contribution in [2.75, 3.05) is 26.7 Å². The summed E-state index contributed by atoms with van der Waals surface area (Å²) in [5.41, 5.74) is 4.74. The van der Waals surface area contributed by atoms with Crippen molar-refractivity contribution in [1.82, 2.24) is 15.5 Å². The summed E-state index contributed by atoms with van der Waals surface area (Å²) in [5, 5.41) is 6.72. The SMILES string of the molecule is CCNC(=NCc1ccc(CN2CCCC2=O)cc1)NCCc1cc(C)ccc1OC.I. The fourth-order valence-corrected chi connectivity index (χ4v) is 3.77. The molecule has 2 aromatic rings. The number of guanidine groups is 1. The van der Waals surface area contributed by atoms with Crippen LogP contribution in [0.25, 0.3) is 0 Å². The van der Waals surface area contributed by atoms with Gasteiger partial charge in [0.05, 0.1) is 13.7 Å². The lowest BCUT2D eigenvalue weighted by molar-refractivity contribution is -0.128. The molecule has 2 N–H and O–H groups in total. The first-order chi connectivity index (χ1) is 15.1. The number of amides is 1.